The highest BCUT2D eigenvalue weighted by Gasteiger charge is 2.49. The Balaban J connectivity index is 2.01. The molecule has 2 fully saturated rings. The van der Waals surface area contributed by atoms with Gasteiger partial charge in [0.05, 0.1) is 18.0 Å². The van der Waals surface area contributed by atoms with E-state index >= 15 is 0 Å². The third-order valence-corrected chi connectivity index (χ3v) is 3.80. The number of amides is 2. The number of nitrogens with one attached hydrogen (secondary N) is 1. The van der Waals surface area contributed by atoms with Gasteiger partial charge in [-0.05, 0) is 12.8 Å². The number of aromatic nitrogens is 2. The van der Waals surface area contributed by atoms with Crippen LogP contribution in [0.2, 0.25) is 0 Å². The summed E-state index contributed by atoms with van der Waals surface area (Å²) in [5, 5.41) is 15.3. The topological polar surface area (TPSA) is 89.8 Å². The lowest BCUT2D eigenvalue weighted by Gasteiger charge is -2.19. The number of aromatic amines is 1. The van der Waals surface area contributed by atoms with Crippen LogP contribution < -0.4 is 4.90 Å². The lowest BCUT2D eigenvalue weighted by atomic mass is 9.81. The van der Waals surface area contributed by atoms with E-state index in [4.69, 9.17) is 5.26 Å². The van der Waals surface area contributed by atoms with Gasteiger partial charge in [0.2, 0.25) is 11.8 Å². The van der Waals surface area contributed by atoms with Crippen molar-refractivity contribution in [1.82, 2.24) is 10.2 Å². The van der Waals surface area contributed by atoms with E-state index in [1.807, 2.05) is 6.07 Å². The molecule has 0 spiro atoms. The first-order chi connectivity index (χ1) is 8.74. The largest absolute Gasteiger partial charge is 0.274 e. The molecule has 0 bridgehead atoms. The molecular weight excluding hydrogens is 232 g/mol. The predicted octanol–water partition coefficient (Wildman–Crippen LogP) is 0.961. The number of rotatable bonds is 1. The van der Waals surface area contributed by atoms with Crippen molar-refractivity contribution in [2.24, 2.45) is 11.8 Å². The summed E-state index contributed by atoms with van der Waals surface area (Å²) in [5.41, 5.74) is 0.232. The summed E-state index contributed by atoms with van der Waals surface area (Å²) >= 11 is 0. The third kappa shape index (κ3) is 1.37. The van der Waals surface area contributed by atoms with Gasteiger partial charge in [0.1, 0.15) is 11.6 Å². The minimum Gasteiger partial charge on any atom is -0.274 e. The van der Waals surface area contributed by atoms with Crippen molar-refractivity contribution in [1.29, 1.82) is 5.26 Å². The molecule has 1 aliphatic carbocycles. The summed E-state index contributed by atoms with van der Waals surface area (Å²) in [5.74, 6) is -0.569. The van der Waals surface area contributed by atoms with Crippen LogP contribution in [-0.4, -0.2) is 22.0 Å². The first kappa shape index (κ1) is 11.0. The molecule has 1 saturated carbocycles. The number of hydrogen-bond acceptors (Lipinski definition) is 4. The second-order valence-electron chi connectivity index (χ2n) is 4.75. The van der Waals surface area contributed by atoms with Gasteiger partial charge in [0.25, 0.3) is 0 Å². The maximum absolute atomic E-state index is 12.3. The second kappa shape index (κ2) is 3.95. The lowest BCUT2D eigenvalue weighted by molar-refractivity contribution is -0.122. The van der Waals surface area contributed by atoms with Crippen LogP contribution in [0.15, 0.2) is 6.20 Å². The predicted molar refractivity (Wildman–Crippen MR) is 61.2 cm³/mol. The van der Waals surface area contributed by atoms with Crippen molar-refractivity contribution in [2.75, 3.05) is 4.90 Å². The monoisotopic (exact) mass is 244 g/mol. The summed E-state index contributed by atoms with van der Waals surface area (Å²) in [6.07, 6.45) is 4.84. The van der Waals surface area contributed by atoms with Gasteiger partial charge in [-0.1, -0.05) is 12.8 Å². The number of carbonyl (C=O) groups excluding carboxylic acids is 2. The Labute approximate surface area is 104 Å². The number of hydrogen-bond donors (Lipinski definition) is 1. The normalized spacial score (nSPS) is 27.2. The molecule has 2 atom stereocenters. The number of fused-ring (bicyclic) bond motifs is 1. The Hall–Kier alpha value is -2.16. The Kier molecular flexibility index (Phi) is 2.40. The van der Waals surface area contributed by atoms with Gasteiger partial charge in [0, 0.05) is 0 Å². The van der Waals surface area contributed by atoms with Crippen molar-refractivity contribution >= 4 is 17.6 Å². The molecule has 0 aromatic carbocycles. The highest BCUT2D eigenvalue weighted by molar-refractivity contribution is 6.22. The van der Waals surface area contributed by atoms with E-state index < -0.39 is 0 Å². The van der Waals surface area contributed by atoms with Crippen LogP contribution in [0.4, 0.5) is 5.82 Å². The zero-order chi connectivity index (χ0) is 12.7. The Morgan fingerprint density at radius 1 is 1.28 bits per heavy atom. The average Bonchev–Trinajstić information content (AvgIpc) is 2.95. The quantitative estimate of drug-likeness (QED) is 0.745. The van der Waals surface area contributed by atoms with Crippen LogP contribution in [-0.2, 0) is 9.59 Å². The molecule has 1 aromatic heterocycles. The van der Waals surface area contributed by atoms with E-state index in [1.165, 1.54) is 6.20 Å². The molecule has 1 aromatic rings. The molecule has 6 nitrogen and oxygen atoms in total. The van der Waals surface area contributed by atoms with Crippen molar-refractivity contribution in [2.45, 2.75) is 25.7 Å². The standard InChI is InChI=1S/C12H12N4O2/c13-5-7-6-14-15-10(7)16-11(17)8-3-1-2-4-9(8)12(16)18/h6,8-9H,1-4H2,(H,14,15). The molecular formula is C12H12N4O2. The molecule has 1 aliphatic heterocycles. The van der Waals surface area contributed by atoms with Crippen LogP contribution in [0.3, 0.4) is 0 Å². The minimum absolute atomic E-state index is 0.189. The van der Waals surface area contributed by atoms with Crippen LogP contribution in [0.1, 0.15) is 31.2 Å². The van der Waals surface area contributed by atoms with E-state index in [9.17, 15) is 9.59 Å². The average molecular weight is 244 g/mol. The first-order valence-electron chi connectivity index (χ1n) is 6.05. The van der Waals surface area contributed by atoms with Crippen molar-refractivity contribution < 1.29 is 9.59 Å². The van der Waals surface area contributed by atoms with Gasteiger partial charge < -0.3 is 0 Å². The van der Waals surface area contributed by atoms with Crippen molar-refractivity contribution in [3.8, 4) is 6.07 Å². The zero-order valence-corrected chi connectivity index (χ0v) is 9.72. The molecule has 3 rings (SSSR count). The van der Waals surface area contributed by atoms with Gasteiger partial charge in [-0.25, -0.2) is 4.90 Å². The van der Waals surface area contributed by atoms with Gasteiger partial charge in [-0.3, -0.25) is 14.7 Å². The second-order valence-corrected chi connectivity index (χ2v) is 4.75. The molecule has 0 radical (unpaired) electrons. The Bertz CT molecular complexity index is 533. The molecule has 2 heterocycles. The third-order valence-electron chi connectivity index (χ3n) is 3.80. The van der Waals surface area contributed by atoms with Crippen LogP contribution in [0.25, 0.3) is 0 Å². The highest BCUT2D eigenvalue weighted by Crippen LogP contribution is 2.40. The van der Waals surface area contributed by atoms with Crippen molar-refractivity contribution in [3.63, 3.8) is 0 Å². The number of H-pyrrole nitrogens is 1. The van der Waals surface area contributed by atoms with E-state index in [1.54, 1.807) is 0 Å². The maximum Gasteiger partial charge on any atom is 0.238 e. The summed E-state index contributed by atoms with van der Waals surface area (Å²) in [6, 6.07) is 1.94. The Morgan fingerprint density at radius 2 is 1.89 bits per heavy atom. The number of nitriles is 1. The number of imide groups is 1. The van der Waals surface area contributed by atoms with Crippen LogP contribution in [0, 0.1) is 23.2 Å². The van der Waals surface area contributed by atoms with E-state index in [0.717, 1.165) is 30.6 Å². The number of anilines is 1. The fraction of sp³-hybridized carbons (Fsp3) is 0.500. The summed E-state index contributed by atoms with van der Waals surface area (Å²) in [7, 11) is 0. The smallest absolute Gasteiger partial charge is 0.238 e. The number of nitrogens with zero attached hydrogens (tertiary/aromatic N) is 3. The van der Waals surface area contributed by atoms with Gasteiger partial charge in [-0.15, -0.1) is 0 Å². The fourth-order valence-corrected chi connectivity index (χ4v) is 2.91. The fourth-order valence-electron chi connectivity index (χ4n) is 2.91. The molecule has 1 N–H and O–H groups in total. The molecule has 18 heavy (non-hydrogen) atoms. The zero-order valence-electron chi connectivity index (χ0n) is 9.72. The van der Waals surface area contributed by atoms with E-state index in [0.29, 0.717) is 0 Å². The molecule has 6 heteroatoms. The van der Waals surface area contributed by atoms with Gasteiger partial charge in [0.15, 0.2) is 5.82 Å². The van der Waals surface area contributed by atoms with Crippen molar-refractivity contribution in [3.05, 3.63) is 11.8 Å². The summed E-state index contributed by atoms with van der Waals surface area (Å²) < 4.78 is 0. The highest BCUT2D eigenvalue weighted by atomic mass is 16.2. The molecule has 1 saturated heterocycles. The Morgan fingerprint density at radius 3 is 2.44 bits per heavy atom. The molecule has 2 amide bonds. The van der Waals surface area contributed by atoms with E-state index in [-0.39, 0.29) is 35.0 Å². The van der Waals surface area contributed by atoms with Gasteiger partial charge >= 0.3 is 0 Å². The minimum atomic E-state index is -0.207. The number of carbonyl (C=O) groups is 2. The SMILES string of the molecule is N#Cc1cn[nH]c1N1C(=O)C2CCCCC2C1=O. The molecule has 2 aliphatic rings. The first-order valence-corrected chi connectivity index (χ1v) is 6.05. The summed E-state index contributed by atoms with van der Waals surface area (Å²) in [4.78, 5) is 25.6. The van der Waals surface area contributed by atoms with E-state index in [2.05, 4.69) is 10.2 Å². The lowest BCUT2D eigenvalue weighted by Crippen LogP contribution is -2.31. The maximum atomic E-state index is 12.3. The molecule has 2 unspecified atom stereocenters. The van der Waals surface area contributed by atoms with Crippen LogP contribution >= 0.6 is 0 Å². The van der Waals surface area contributed by atoms with Crippen LogP contribution in [0.5, 0.6) is 0 Å². The van der Waals surface area contributed by atoms with Gasteiger partial charge in [-0.2, -0.15) is 10.4 Å². The summed E-state index contributed by atoms with van der Waals surface area (Å²) in [6.45, 7) is 0. The molecule has 92 valence electrons.